The lowest BCUT2D eigenvalue weighted by atomic mass is 9.91. The molecular formula is C23H30N6O3S. The van der Waals surface area contributed by atoms with Crippen molar-refractivity contribution in [3.63, 3.8) is 0 Å². The molecule has 9 nitrogen and oxygen atoms in total. The number of fused-ring (bicyclic) bond motifs is 1. The van der Waals surface area contributed by atoms with Crippen molar-refractivity contribution < 1.29 is 13.5 Å². The number of aromatic nitrogens is 3. The minimum atomic E-state index is -2.09. The second-order valence-corrected chi connectivity index (χ2v) is 9.30. The van der Waals surface area contributed by atoms with Gasteiger partial charge in [-0.25, -0.2) is 23.9 Å². The molecule has 0 amide bonds. The van der Waals surface area contributed by atoms with Gasteiger partial charge in [-0.1, -0.05) is 6.07 Å². The van der Waals surface area contributed by atoms with E-state index in [4.69, 9.17) is 14.3 Å². The zero-order chi connectivity index (χ0) is 23.4. The number of benzene rings is 1. The van der Waals surface area contributed by atoms with Crippen LogP contribution in [0.2, 0.25) is 0 Å². The van der Waals surface area contributed by atoms with Crippen molar-refractivity contribution in [1.29, 1.82) is 0 Å². The molecule has 0 saturated heterocycles. The number of nitrogens with zero attached hydrogens (tertiary/aromatic N) is 4. The Kier molecular flexibility index (Phi) is 7.49. The first-order valence-corrected chi connectivity index (χ1v) is 12.1. The van der Waals surface area contributed by atoms with Crippen LogP contribution in [0.15, 0.2) is 36.5 Å². The van der Waals surface area contributed by atoms with Crippen LogP contribution >= 0.6 is 0 Å². The third-order valence-electron chi connectivity index (χ3n) is 6.14. The smallest absolute Gasteiger partial charge is 0.232 e. The summed E-state index contributed by atoms with van der Waals surface area (Å²) in [5, 5.41) is 4.44. The average Bonchev–Trinajstić information content (AvgIpc) is 2.82. The molecule has 1 saturated carbocycles. The molecule has 1 unspecified atom stereocenters. The maximum atomic E-state index is 10.8. The number of ether oxygens (including phenoxy) is 1. The largest absolute Gasteiger partial charge is 0.481 e. The summed E-state index contributed by atoms with van der Waals surface area (Å²) in [4.78, 5) is 16.0. The van der Waals surface area contributed by atoms with Gasteiger partial charge in [-0.05, 0) is 69.6 Å². The molecule has 4 rings (SSSR count). The van der Waals surface area contributed by atoms with Crippen molar-refractivity contribution in [3.05, 3.63) is 42.2 Å². The Bertz CT molecular complexity index is 1130. The number of anilines is 1. The first-order valence-electron chi connectivity index (χ1n) is 11.0. The van der Waals surface area contributed by atoms with Crippen LogP contribution in [-0.2, 0) is 17.8 Å². The van der Waals surface area contributed by atoms with Crippen molar-refractivity contribution in [2.24, 2.45) is 0 Å². The Labute approximate surface area is 196 Å². The monoisotopic (exact) mass is 470 g/mol. The zero-order valence-electron chi connectivity index (χ0n) is 19.1. The second kappa shape index (κ2) is 10.5. The van der Waals surface area contributed by atoms with E-state index in [1.54, 1.807) is 13.2 Å². The van der Waals surface area contributed by atoms with Gasteiger partial charge >= 0.3 is 0 Å². The number of rotatable bonds is 8. The van der Waals surface area contributed by atoms with Gasteiger partial charge in [-0.3, -0.25) is 4.55 Å². The highest BCUT2D eigenvalue weighted by atomic mass is 32.2. The number of methoxy groups -OCH3 is 1. The van der Waals surface area contributed by atoms with Gasteiger partial charge in [0, 0.05) is 29.2 Å². The fourth-order valence-electron chi connectivity index (χ4n) is 4.28. The lowest BCUT2D eigenvalue weighted by molar-refractivity contribution is 0.221. The average molecular weight is 471 g/mol. The number of nitrogens with one attached hydrogen (secondary N) is 2. The van der Waals surface area contributed by atoms with E-state index in [0.29, 0.717) is 29.6 Å². The third-order valence-corrected chi connectivity index (χ3v) is 6.53. The van der Waals surface area contributed by atoms with Crippen LogP contribution in [0.3, 0.4) is 0 Å². The number of hydrogen-bond donors (Lipinski definition) is 3. The summed E-state index contributed by atoms with van der Waals surface area (Å²) in [6.45, 7) is 0.165. The Hall–Kier alpha value is -2.66. The number of pyridine rings is 1. The summed E-state index contributed by atoms with van der Waals surface area (Å²) >= 11 is -2.09. The highest BCUT2D eigenvalue weighted by molar-refractivity contribution is 7.77. The Morgan fingerprint density at radius 2 is 1.94 bits per heavy atom. The van der Waals surface area contributed by atoms with E-state index in [9.17, 15) is 4.21 Å². The maximum Gasteiger partial charge on any atom is 0.232 e. The van der Waals surface area contributed by atoms with Crippen molar-refractivity contribution in [1.82, 2.24) is 24.6 Å². The van der Waals surface area contributed by atoms with E-state index >= 15 is 0 Å². The van der Waals surface area contributed by atoms with E-state index in [1.807, 2.05) is 30.5 Å². The van der Waals surface area contributed by atoms with Crippen molar-refractivity contribution >= 4 is 28.1 Å². The summed E-state index contributed by atoms with van der Waals surface area (Å²) in [6, 6.07) is 10.7. The van der Waals surface area contributed by atoms with Gasteiger partial charge in [0.2, 0.25) is 23.1 Å². The summed E-state index contributed by atoms with van der Waals surface area (Å²) in [5.41, 5.74) is 3.24. The quantitative estimate of drug-likeness (QED) is 0.430. The molecule has 10 heteroatoms. The zero-order valence-corrected chi connectivity index (χ0v) is 19.9. The topological polar surface area (TPSA) is 112 Å². The highest BCUT2D eigenvalue weighted by Crippen LogP contribution is 2.31. The molecule has 0 spiro atoms. The summed E-state index contributed by atoms with van der Waals surface area (Å²) in [5.74, 6) is 1.12. The predicted octanol–water partition coefficient (Wildman–Crippen LogP) is 3.21. The molecule has 0 aliphatic heterocycles. The van der Waals surface area contributed by atoms with Crippen LogP contribution in [-0.4, -0.2) is 61.9 Å². The molecule has 3 aromatic rings. The lowest BCUT2D eigenvalue weighted by Crippen LogP contribution is -2.36. The summed E-state index contributed by atoms with van der Waals surface area (Å²) in [6.07, 6.45) is 6.45. The van der Waals surface area contributed by atoms with Crippen LogP contribution < -0.4 is 14.8 Å². The molecule has 0 radical (unpaired) electrons. The molecule has 0 bridgehead atoms. The van der Waals surface area contributed by atoms with E-state index < -0.39 is 11.3 Å². The van der Waals surface area contributed by atoms with Crippen molar-refractivity contribution in [2.45, 2.75) is 44.3 Å². The molecule has 2 heterocycles. The molecule has 3 N–H and O–H groups in total. The highest BCUT2D eigenvalue weighted by Gasteiger charge is 2.22. The molecule has 1 aliphatic carbocycles. The molecular weight excluding hydrogens is 440 g/mol. The second-order valence-electron chi connectivity index (χ2n) is 8.51. The minimum Gasteiger partial charge on any atom is -0.481 e. The third kappa shape index (κ3) is 5.83. The van der Waals surface area contributed by atoms with Gasteiger partial charge in [0.05, 0.1) is 24.9 Å². The maximum absolute atomic E-state index is 10.8. The van der Waals surface area contributed by atoms with E-state index in [1.165, 1.54) is 12.8 Å². The Balaban J connectivity index is 1.49. The molecule has 1 aliphatic rings. The van der Waals surface area contributed by atoms with E-state index in [-0.39, 0.29) is 6.54 Å². The van der Waals surface area contributed by atoms with Crippen molar-refractivity contribution in [2.75, 3.05) is 26.5 Å². The van der Waals surface area contributed by atoms with Crippen LogP contribution in [0.1, 0.15) is 31.4 Å². The van der Waals surface area contributed by atoms with Crippen molar-refractivity contribution in [3.8, 4) is 17.0 Å². The van der Waals surface area contributed by atoms with Gasteiger partial charge in [-0.15, -0.1) is 0 Å². The first-order chi connectivity index (χ1) is 15.9. The SMILES string of the molecule is COc1nc(CNS(=O)O)ccc1-c1ccc2nc(NC3CCC(N(C)C)CC3)ncc2c1. The molecule has 176 valence electrons. The molecule has 1 fully saturated rings. The van der Waals surface area contributed by atoms with Crippen LogP contribution in [0.5, 0.6) is 5.88 Å². The first kappa shape index (κ1) is 23.5. The molecule has 1 aromatic carbocycles. The molecule has 33 heavy (non-hydrogen) atoms. The van der Waals surface area contributed by atoms with Crippen LogP contribution in [0.25, 0.3) is 22.0 Å². The summed E-state index contributed by atoms with van der Waals surface area (Å²) < 4.78 is 27.6. The minimum absolute atomic E-state index is 0.165. The molecule has 2 aromatic heterocycles. The Morgan fingerprint density at radius 3 is 2.64 bits per heavy atom. The van der Waals surface area contributed by atoms with E-state index in [0.717, 1.165) is 34.9 Å². The standard InChI is InChI=1S/C23H30N6O3S/c1-29(2)19-8-5-17(6-9-19)27-23-24-13-16-12-15(4-11-21(16)28-23)20-10-7-18(14-25-33(30)31)26-22(20)32-3/h4,7,10-13,17,19,25H,5-6,8-9,14H2,1-3H3,(H,30,31)(H,24,27,28). The number of hydrogen-bond acceptors (Lipinski definition) is 7. The van der Waals surface area contributed by atoms with Crippen LogP contribution in [0.4, 0.5) is 5.95 Å². The van der Waals surface area contributed by atoms with Gasteiger partial charge in [-0.2, -0.15) is 0 Å². The van der Waals surface area contributed by atoms with Gasteiger partial charge in [0.1, 0.15) is 0 Å². The summed E-state index contributed by atoms with van der Waals surface area (Å²) in [7, 11) is 5.86. The lowest BCUT2D eigenvalue weighted by Gasteiger charge is -2.32. The van der Waals surface area contributed by atoms with Gasteiger partial charge in [0.25, 0.3) is 0 Å². The fraction of sp³-hybridized carbons (Fsp3) is 0.435. The normalized spacial score (nSPS) is 19.5. The van der Waals surface area contributed by atoms with Gasteiger partial charge in [0.15, 0.2) is 0 Å². The Morgan fingerprint density at radius 1 is 1.15 bits per heavy atom. The predicted molar refractivity (Wildman–Crippen MR) is 130 cm³/mol. The van der Waals surface area contributed by atoms with E-state index in [2.05, 4.69) is 39.0 Å². The molecule has 1 atom stereocenters. The fourth-order valence-corrected chi connectivity index (χ4v) is 4.55. The van der Waals surface area contributed by atoms with Gasteiger partial charge < -0.3 is 15.0 Å². The van der Waals surface area contributed by atoms with Crippen LogP contribution in [0, 0.1) is 0 Å².